The molecule has 1 aromatic rings. The maximum Gasteiger partial charge on any atom is 0.137 e. The maximum absolute atomic E-state index is 10.3. The number of phenolic OH excluding ortho intramolecular Hbond substituents is 1. The Morgan fingerprint density at radius 2 is 2.27 bits per heavy atom. The van der Waals surface area contributed by atoms with Crippen molar-refractivity contribution in [1.82, 2.24) is 0 Å². The van der Waals surface area contributed by atoms with Gasteiger partial charge >= 0.3 is 0 Å². The number of benzene rings is 1. The minimum Gasteiger partial charge on any atom is -0.508 e. The number of thiol groups is 1. The molecular formula is C8H8O2S. The summed E-state index contributed by atoms with van der Waals surface area (Å²) in [5.74, 6) is 0.156. The Kier molecular flexibility index (Phi) is 2.54. The summed E-state index contributed by atoms with van der Waals surface area (Å²) < 4.78 is 0. The van der Waals surface area contributed by atoms with Crippen molar-refractivity contribution in [2.75, 3.05) is 0 Å². The molecule has 0 amide bonds. The van der Waals surface area contributed by atoms with E-state index in [-0.39, 0.29) is 5.75 Å². The Hall–Kier alpha value is -0.960. The molecule has 0 heterocycles. The molecule has 0 aliphatic rings. The largest absolute Gasteiger partial charge is 0.508 e. The third-order valence-corrected chi connectivity index (χ3v) is 1.76. The van der Waals surface area contributed by atoms with E-state index in [1.807, 2.05) is 0 Å². The molecule has 1 N–H and O–H groups in total. The van der Waals surface area contributed by atoms with Gasteiger partial charge in [-0.3, -0.25) is 0 Å². The van der Waals surface area contributed by atoms with Gasteiger partial charge in [-0.2, -0.15) is 12.6 Å². The highest BCUT2D eigenvalue weighted by atomic mass is 32.1. The molecule has 0 fully saturated rings. The molecule has 0 aliphatic carbocycles. The summed E-state index contributed by atoms with van der Waals surface area (Å²) in [5, 5.41) is 8.57. The van der Waals surface area contributed by atoms with Crippen molar-refractivity contribution in [1.29, 1.82) is 0 Å². The first-order valence-corrected chi connectivity index (χ1v) is 3.68. The predicted octanol–water partition coefficient (Wildman–Crippen LogP) is 1.56. The van der Waals surface area contributed by atoms with E-state index >= 15 is 0 Å². The monoisotopic (exact) mass is 168 g/mol. The molecule has 0 radical (unpaired) electrons. The van der Waals surface area contributed by atoms with E-state index in [2.05, 4.69) is 12.6 Å². The first-order chi connectivity index (χ1) is 5.24. The van der Waals surface area contributed by atoms with Crippen LogP contribution in [-0.4, -0.2) is 11.4 Å². The number of rotatable bonds is 2. The molecule has 11 heavy (non-hydrogen) atoms. The summed E-state index contributed by atoms with van der Waals surface area (Å²) in [6.45, 7) is 0. The van der Waals surface area contributed by atoms with Crippen LogP contribution in [0, 0.1) is 0 Å². The second-order valence-electron chi connectivity index (χ2n) is 2.18. The van der Waals surface area contributed by atoms with Crippen molar-refractivity contribution in [3.8, 4) is 5.75 Å². The van der Waals surface area contributed by atoms with Gasteiger partial charge in [-0.05, 0) is 17.7 Å². The van der Waals surface area contributed by atoms with Gasteiger partial charge in [-0.15, -0.1) is 0 Å². The van der Waals surface area contributed by atoms with E-state index in [0.29, 0.717) is 5.56 Å². The number of phenols is 1. The molecule has 2 nitrogen and oxygen atoms in total. The standard InChI is InChI=1S/C8H8O2S/c9-5-8(11)6-2-1-3-7(10)4-6/h1-5,8,10-11H. The van der Waals surface area contributed by atoms with Crippen molar-refractivity contribution >= 4 is 18.9 Å². The number of carbonyl (C=O) groups is 1. The summed E-state index contributed by atoms with van der Waals surface area (Å²) in [5.41, 5.74) is 0.711. The Bertz CT molecular complexity index is 260. The Labute approximate surface area is 70.3 Å². The molecule has 58 valence electrons. The van der Waals surface area contributed by atoms with E-state index < -0.39 is 5.25 Å². The third-order valence-electron chi connectivity index (χ3n) is 1.34. The van der Waals surface area contributed by atoms with Gasteiger partial charge in [-0.1, -0.05) is 12.1 Å². The quantitative estimate of drug-likeness (QED) is 0.519. The lowest BCUT2D eigenvalue weighted by molar-refractivity contribution is -0.107. The van der Waals surface area contributed by atoms with E-state index in [0.717, 1.165) is 6.29 Å². The smallest absolute Gasteiger partial charge is 0.137 e. The number of carbonyl (C=O) groups excluding carboxylic acids is 1. The van der Waals surface area contributed by atoms with E-state index in [1.54, 1.807) is 18.2 Å². The molecule has 0 aromatic heterocycles. The van der Waals surface area contributed by atoms with Crippen LogP contribution in [0.15, 0.2) is 24.3 Å². The number of hydrogen-bond acceptors (Lipinski definition) is 3. The van der Waals surface area contributed by atoms with Gasteiger partial charge in [0.25, 0.3) is 0 Å². The number of aromatic hydroxyl groups is 1. The van der Waals surface area contributed by atoms with Crippen molar-refractivity contribution in [3.63, 3.8) is 0 Å². The first-order valence-electron chi connectivity index (χ1n) is 3.16. The lowest BCUT2D eigenvalue weighted by Crippen LogP contribution is -1.89. The second kappa shape index (κ2) is 3.44. The maximum atomic E-state index is 10.3. The lowest BCUT2D eigenvalue weighted by Gasteiger charge is -2.01. The van der Waals surface area contributed by atoms with Gasteiger partial charge in [0, 0.05) is 0 Å². The highest BCUT2D eigenvalue weighted by Gasteiger charge is 2.03. The molecule has 0 saturated heterocycles. The molecule has 0 spiro atoms. The zero-order valence-corrected chi connectivity index (χ0v) is 6.66. The van der Waals surface area contributed by atoms with Gasteiger partial charge in [0.1, 0.15) is 12.0 Å². The summed E-state index contributed by atoms with van der Waals surface area (Å²) in [7, 11) is 0. The van der Waals surface area contributed by atoms with Crippen LogP contribution in [0.4, 0.5) is 0 Å². The molecule has 1 rings (SSSR count). The second-order valence-corrected chi connectivity index (χ2v) is 2.73. The van der Waals surface area contributed by atoms with Crippen molar-refractivity contribution in [3.05, 3.63) is 29.8 Å². The average molecular weight is 168 g/mol. The summed E-state index contributed by atoms with van der Waals surface area (Å²) >= 11 is 3.99. The first kappa shape index (κ1) is 8.14. The number of hydrogen-bond donors (Lipinski definition) is 2. The summed E-state index contributed by atoms with van der Waals surface area (Å²) in [6, 6.07) is 6.49. The van der Waals surface area contributed by atoms with Crippen LogP contribution in [0.5, 0.6) is 5.75 Å². The number of aldehydes is 1. The third kappa shape index (κ3) is 1.98. The van der Waals surface area contributed by atoms with Gasteiger partial charge in [-0.25, -0.2) is 0 Å². The molecule has 0 aliphatic heterocycles. The lowest BCUT2D eigenvalue weighted by atomic mass is 10.1. The normalized spacial score (nSPS) is 12.5. The summed E-state index contributed by atoms with van der Waals surface area (Å²) in [6.07, 6.45) is 0.720. The average Bonchev–Trinajstić information content (AvgIpc) is 2.03. The minimum absolute atomic E-state index is 0.156. The van der Waals surface area contributed by atoms with Crippen LogP contribution in [0.2, 0.25) is 0 Å². The zero-order valence-electron chi connectivity index (χ0n) is 5.77. The highest BCUT2D eigenvalue weighted by molar-refractivity contribution is 7.81. The fourth-order valence-electron chi connectivity index (χ4n) is 0.787. The molecule has 1 unspecified atom stereocenters. The van der Waals surface area contributed by atoms with E-state index in [9.17, 15) is 4.79 Å². The van der Waals surface area contributed by atoms with Crippen molar-refractivity contribution in [2.45, 2.75) is 5.25 Å². The minimum atomic E-state index is -0.443. The molecule has 3 heteroatoms. The van der Waals surface area contributed by atoms with Crippen LogP contribution >= 0.6 is 12.6 Å². The van der Waals surface area contributed by atoms with Crippen molar-refractivity contribution < 1.29 is 9.90 Å². The van der Waals surface area contributed by atoms with Crippen LogP contribution in [-0.2, 0) is 4.79 Å². The fraction of sp³-hybridized carbons (Fsp3) is 0.125. The molecular weight excluding hydrogens is 160 g/mol. The van der Waals surface area contributed by atoms with Crippen LogP contribution in [0.3, 0.4) is 0 Å². The van der Waals surface area contributed by atoms with E-state index in [1.165, 1.54) is 6.07 Å². The molecule has 1 atom stereocenters. The van der Waals surface area contributed by atoms with Crippen molar-refractivity contribution in [2.24, 2.45) is 0 Å². The van der Waals surface area contributed by atoms with Crippen LogP contribution < -0.4 is 0 Å². The molecule has 0 saturated carbocycles. The van der Waals surface area contributed by atoms with Crippen LogP contribution in [0.25, 0.3) is 0 Å². The Balaban J connectivity index is 2.95. The Morgan fingerprint density at radius 3 is 2.82 bits per heavy atom. The van der Waals surface area contributed by atoms with Gasteiger partial charge in [0.05, 0.1) is 5.25 Å². The predicted molar refractivity (Wildman–Crippen MR) is 45.9 cm³/mol. The van der Waals surface area contributed by atoms with Gasteiger partial charge in [0.2, 0.25) is 0 Å². The zero-order chi connectivity index (χ0) is 8.27. The SMILES string of the molecule is O=CC(S)c1cccc(O)c1. The van der Waals surface area contributed by atoms with Gasteiger partial charge in [0.15, 0.2) is 0 Å². The fourth-order valence-corrected chi connectivity index (χ4v) is 0.948. The highest BCUT2D eigenvalue weighted by Crippen LogP contribution is 2.20. The molecule has 1 aromatic carbocycles. The van der Waals surface area contributed by atoms with Gasteiger partial charge < -0.3 is 9.90 Å². The van der Waals surface area contributed by atoms with E-state index in [4.69, 9.17) is 5.11 Å². The Morgan fingerprint density at radius 1 is 1.55 bits per heavy atom. The topological polar surface area (TPSA) is 37.3 Å². The summed E-state index contributed by atoms with van der Waals surface area (Å²) in [4.78, 5) is 10.3. The molecule has 0 bridgehead atoms. The van der Waals surface area contributed by atoms with Crippen LogP contribution in [0.1, 0.15) is 10.8 Å².